The molecule has 0 N–H and O–H groups in total. The molecule has 0 unspecified atom stereocenters. The van der Waals surface area contributed by atoms with Crippen molar-refractivity contribution in [3.05, 3.63) is 0 Å². The van der Waals surface area contributed by atoms with E-state index < -0.39 is 0 Å². The lowest BCUT2D eigenvalue weighted by Gasteiger charge is -2.46. The summed E-state index contributed by atoms with van der Waals surface area (Å²) in [6.45, 7) is 7.53. The van der Waals surface area contributed by atoms with Gasteiger partial charge in [0.2, 0.25) is 5.91 Å². The number of likely N-dealkylation sites (tertiary alicyclic amines) is 1. The molecule has 3 heteroatoms. The maximum atomic E-state index is 12.1. The third kappa shape index (κ3) is 1.54. The third-order valence-electron chi connectivity index (χ3n) is 3.15. The van der Waals surface area contributed by atoms with Crippen LogP contribution in [0.2, 0.25) is 0 Å². The van der Waals surface area contributed by atoms with Gasteiger partial charge in [-0.15, -0.1) is 0 Å². The number of amides is 1. The molecule has 0 aliphatic carbocycles. The summed E-state index contributed by atoms with van der Waals surface area (Å²) in [6.07, 6.45) is 2.15. The average Bonchev–Trinajstić information content (AvgIpc) is 1.92. The molecule has 3 nitrogen and oxygen atoms in total. The molecule has 1 amide bonds. The lowest BCUT2D eigenvalue weighted by Crippen LogP contribution is -2.58. The Balaban J connectivity index is 1.99. The summed E-state index contributed by atoms with van der Waals surface area (Å²) < 4.78 is 5.23. The van der Waals surface area contributed by atoms with E-state index in [0.717, 1.165) is 19.5 Å². The fraction of sp³-hybridized carbons (Fsp3) is 0.909. The van der Waals surface area contributed by atoms with Crippen LogP contribution < -0.4 is 0 Å². The van der Waals surface area contributed by atoms with Crippen molar-refractivity contribution in [2.24, 2.45) is 11.3 Å². The molecule has 0 aromatic heterocycles. The molecule has 2 aliphatic heterocycles. The van der Waals surface area contributed by atoms with E-state index in [0.29, 0.717) is 25.0 Å². The predicted molar refractivity (Wildman–Crippen MR) is 53.9 cm³/mol. The van der Waals surface area contributed by atoms with Crippen LogP contribution in [0, 0.1) is 11.3 Å². The number of ether oxygens (including phenoxy) is 1. The van der Waals surface area contributed by atoms with Gasteiger partial charge in [-0.05, 0) is 18.8 Å². The van der Waals surface area contributed by atoms with E-state index in [1.54, 1.807) is 0 Å². The summed E-state index contributed by atoms with van der Waals surface area (Å²) in [5.41, 5.74) is -0.158. The summed E-state index contributed by atoms with van der Waals surface area (Å²) in [5, 5.41) is 0. The van der Waals surface area contributed by atoms with Crippen LogP contribution >= 0.6 is 0 Å². The van der Waals surface area contributed by atoms with E-state index in [4.69, 9.17) is 4.74 Å². The minimum absolute atomic E-state index is 0.158. The second-order valence-electron chi connectivity index (χ2n) is 5.02. The molecule has 14 heavy (non-hydrogen) atoms. The highest BCUT2D eigenvalue weighted by molar-refractivity contribution is 5.84. The number of nitrogens with zero attached hydrogens (tertiary/aromatic N) is 1. The molecule has 0 aromatic rings. The maximum absolute atomic E-state index is 12.1. The molecular weight excluding hydrogens is 178 g/mol. The smallest absolute Gasteiger partial charge is 0.233 e. The quantitative estimate of drug-likeness (QED) is 0.682. The summed E-state index contributed by atoms with van der Waals surface area (Å²) in [6, 6.07) is 0. The summed E-state index contributed by atoms with van der Waals surface area (Å²) in [5.74, 6) is 0.910. The Hall–Kier alpha value is -0.570. The van der Waals surface area contributed by atoms with Crippen LogP contribution in [-0.2, 0) is 9.53 Å². The fourth-order valence-corrected chi connectivity index (χ4v) is 2.31. The maximum Gasteiger partial charge on any atom is 0.233 e. The van der Waals surface area contributed by atoms with Crippen molar-refractivity contribution in [2.75, 3.05) is 26.3 Å². The van der Waals surface area contributed by atoms with Crippen molar-refractivity contribution in [3.63, 3.8) is 0 Å². The third-order valence-corrected chi connectivity index (χ3v) is 3.15. The van der Waals surface area contributed by atoms with Gasteiger partial charge in [0.05, 0.1) is 18.6 Å². The Morgan fingerprint density at radius 2 is 2.07 bits per heavy atom. The lowest BCUT2D eigenvalue weighted by molar-refractivity contribution is -0.179. The second kappa shape index (κ2) is 3.54. The van der Waals surface area contributed by atoms with Crippen molar-refractivity contribution in [1.82, 2.24) is 4.90 Å². The molecule has 0 atom stereocenters. The van der Waals surface area contributed by atoms with Crippen molar-refractivity contribution in [1.29, 1.82) is 0 Å². The minimum Gasteiger partial charge on any atom is -0.379 e. The Morgan fingerprint density at radius 3 is 2.36 bits per heavy atom. The monoisotopic (exact) mass is 197 g/mol. The van der Waals surface area contributed by atoms with Gasteiger partial charge in [0.25, 0.3) is 0 Å². The first-order valence-corrected chi connectivity index (χ1v) is 5.51. The van der Waals surface area contributed by atoms with Gasteiger partial charge in [0, 0.05) is 13.1 Å². The van der Waals surface area contributed by atoms with Crippen molar-refractivity contribution < 1.29 is 9.53 Å². The average molecular weight is 197 g/mol. The number of hydrogen-bond acceptors (Lipinski definition) is 2. The molecule has 0 radical (unpaired) electrons. The Bertz CT molecular complexity index is 229. The van der Waals surface area contributed by atoms with E-state index >= 15 is 0 Å². The van der Waals surface area contributed by atoms with E-state index in [1.165, 1.54) is 6.42 Å². The van der Waals surface area contributed by atoms with E-state index in [1.807, 2.05) is 4.90 Å². The molecule has 0 spiro atoms. The van der Waals surface area contributed by atoms with Gasteiger partial charge in [-0.3, -0.25) is 4.79 Å². The SMILES string of the molecule is CC(C)CC1(C(=O)N2CCC2)COC1. The first kappa shape index (κ1) is 9.97. The minimum atomic E-state index is -0.158. The molecule has 2 saturated heterocycles. The van der Waals surface area contributed by atoms with Crippen LogP contribution in [0.1, 0.15) is 26.7 Å². The highest BCUT2D eigenvalue weighted by Crippen LogP contribution is 2.37. The highest BCUT2D eigenvalue weighted by atomic mass is 16.5. The van der Waals surface area contributed by atoms with Gasteiger partial charge < -0.3 is 9.64 Å². The van der Waals surface area contributed by atoms with E-state index in [-0.39, 0.29) is 5.41 Å². The molecule has 0 saturated carbocycles. The number of carbonyl (C=O) groups excluding carboxylic acids is 1. The molecule has 0 bridgehead atoms. The Morgan fingerprint density at radius 1 is 1.43 bits per heavy atom. The first-order valence-electron chi connectivity index (χ1n) is 5.51. The Labute approximate surface area is 85.4 Å². The number of hydrogen-bond donors (Lipinski definition) is 0. The van der Waals surface area contributed by atoms with Crippen LogP contribution in [0.4, 0.5) is 0 Å². The summed E-state index contributed by atoms with van der Waals surface area (Å²) in [4.78, 5) is 14.1. The molecule has 2 fully saturated rings. The van der Waals surface area contributed by atoms with Gasteiger partial charge >= 0.3 is 0 Å². The van der Waals surface area contributed by atoms with Gasteiger partial charge in [0.1, 0.15) is 0 Å². The van der Waals surface area contributed by atoms with Crippen LogP contribution in [0.15, 0.2) is 0 Å². The van der Waals surface area contributed by atoms with Gasteiger partial charge in [-0.25, -0.2) is 0 Å². The summed E-state index contributed by atoms with van der Waals surface area (Å²) >= 11 is 0. The summed E-state index contributed by atoms with van der Waals surface area (Å²) in [7, 11) is 0. The lowest BCUT2D eigenvalue weighted by atomic mass is 9.76. The van der Waals surface area contributed by atoms with Gasteiger partial charge in [-0.2, -0.15) is 0 Å². The number of rotatable bonds is 3. The first-order chi connectivity index (χ1) is 6.64. The van der Waals surface area contributed by atoms with Gasteiger partial charge in [0.15, 0.2) is 0 Å². The zero-order chi connectivity index (χ0) is 10.2. The number of carbonyl (C=O) groups is 1. The van der Waals surface area contributed by atoms with E-state index in [9.17, 15) is 4.79 Å². The zero-order valence-electron chi connectivity index (χ0n) is 9.08. The molecule has 2 aliphatic rings. The topological polar surface area (TPSA) is 29.5 Å². The van der Waals surface area contributed by atoms with Crippen molar-refractivity contribution in [2.45, 2.75) is 26.7 Å². The highest BCUT2D eigenvalue weighted by Gasteiger charge is 2.48. The molecule has 0 aromatic carbocycles. The normalized spacial score (nSPS) is 24.4. The predicted octanol–water partition coefficient (Wildman–Crippen LogP) is 1.28. The van der Waals surface area contributed by atoms with Crippen LogP contribution in [-0.4, -0.2) is 37.1 Å². The van der Waals surface area contributed by atoms with Crippen molar-refractivity contribution in [3.8, 4) is 0 Å². The standard InChI is InChI=1S/C11H19NO2/c1-9(2)6-11(7-14-8-11)10(13)12-4-3-5-12/h9H,3-8H2,1-2H3. The molecule has 80 valence electrons. The Kier molecular flexibility index (Phi) is 2.52. The molecular formula is C11H19NO2. The van der Waals surface area contributed by atoms with Crippen LogP contribution in [0.25, 0.3) is 0 Å². The molecule has 2 rings (SSSR count). The van der Waals surface area contributed by atoms with E-state index in [2.05, 4.69) is 13.8 Å². The largest absolute Gasteiger partial charge is 0.379 e. The van der Waals surface area contributed by atoms with Gasteiger partial charge in [-0.1, -0.05) is 13.8 Å². The zero-order valence-corrected chi connectivity index (χ0v) is 9.08. The molecule has 2 heterocycles. The van der Waals surface area contributed by atoms with Crippen molar-refractivity contribution >= 4 is 5.91 Å². The van der Waals surface area contributed by atoms with Crippen LogP contribution in [0.5, 0.6) is 0 Å². The fourth-order valence-electron chi connectivity index (χ4n) is 2.31. The van der Waals surface area contributed by atoms with Crippen LogP contribution in [0.3, 0.4) is 0 Å². The second-order valence-corrected chi connectivity index (χ2v) is 5.02.